The molecule has 0 aromatic carbocycles. The van der Waals surface area contributed by atoms with Crippen LogP contribution in [0.2, 0.25) is 11.6 Å². The molecule has 166 valence electrons. The van der Waals surface area contributed by atoms with Crippen molar-refractivity contribution >= 4 is 6.85 Å². The summed E-state index contributed by atoms with van der Waals surface area (Å²) in [5.74, 6) is 3.54. The summed E-state index contributed by atoms with van der Waals surface area (Å²) in [6, 6.07) is 1.16. The molecule has 0 amide bonds. The average Bonchev–Trinajstić information content (AvgIpc) is 2.69. The molecular weight excluding hydrogens is 349 g/mol. The van der Waals surface area contributed by atoms with Crippen LogP contribution in [0.25, 0.3) is 0 Å². The smallest absolute Gasteiger partial charge is 0.230 e. The second-order valence-electron chi connectivity index (χ2n) is 10.3. The van der Waals surface area contributed by atoms with E-state index < -0.39 is 0 Å². The molecule has 1 rings (SSSR count). The van der Waals surface area contributed by atoms with Crippen LogP contribution in [0.3, 0.4) is 0 Å². The first-order valence-electron chi connectivity index (χ1n) is 12.5. The third-order valence-electron chi connectivity index (χ3n) is 7.25. The number of nitrogens with zero attached hydrogens (tertiary/aromatic N) is 1. The van der Waals surface area contributed by atoms with Crippen LogP contribution in [0.1, 0.15) is 93.9 Å². The predicted octanol–water partition coefficient (Wildman–Crippen LogP) is 8.42. The molecular formula is C27H50BN. The van der Waals surface area contributed by atoms with Crippen LogP contribution in [0.5, 0.6) is 0 Å². The largest absolute Gasteiger partial charge is 0.337 e. The van der Waals surface area contributed by atoms with Gasteiger partial charge in [0, 0.05) is 0 Å². The summed E-state index contributed by atoms with van der Waals surface area (Å²) in [4.78, 5) is 2.82. The Bertz CT molecular complexity index is 499. The minimum atomic E-state index is 0.582. The van der Waals surface area contributed by atoms with Gasteiger partial charge in [0.15, 0.2) is 0 Å². The second kappa shape index (κ2) is 13.5. The molecule has 1 aliphatic rings. The quantitative estimate of drug-likeness (QED) is 0.161. The molecule has 0 radical (unpaired) electrons. The van der Waals surface area contributed by atoms with Gasteiger partial charge < -0.3 is 4.81 Å². The van der Waals surface area contributed by atoms with Gasteiger partial charge in [-0.25, -0.2) is 0 Å². The summed E-state index contributed by atoms with van der Waals surface area (Å²) in [5.41, 5.74) is 0. The first-order chi connectivity index (χ1) is 13.7. The van der Waals surface area contributed by atoms with Gasteiger partial charge in [-0.2, -0.15) is 0 Å². The first-order valence-corrected chi connectivity index (χ1v) is 12.5. The highest BCUT2D eigenvalue weighted by Crippen LogP contribution is 2.41. The maximum atomic E-state index is 3.87. The van der Waals surface area contributed by atoms with Crippen molar-refractivity contribution in [1.82, 2.24) is 4.81 Å². The Kier molecular flexibility index (Phi) is 12.3. The van der Waals surface area contributed by atoms with Crippen molar-refractivity contribution < 1.29 is 0 Å². The molecule has 2 heteroatoms. The number of unbranched alkanes of at least 4 members (excludes halogenated alkanes) is 1. The van der Waals surface area contributed by atoms with Gasteiger partial charge in [-0.1, -0.05) is 105 Å². The lowest BCUT2D eigenvalue weighted by Gasteiger charge is -2.45. The fourth-order valence-electron chi connectivity index (χ4n) is 5.71. The molecule has 29 heavy (non-hydrogen) atoms. The third kappa shape index (κ3) is 8.12. The van der Waals surface area contributed by atoms with E-state index in [0.717, 1.165) is 12.3 Å². The van der Waals surface area contributed by atoms with Crippen molar-refractivity contribution in [2.24, 2.45) is 17.8 Å². The van der Waals surface area contributed by atoms with Crippen molar-refractivity contribution in [3.05, 3.63) is 37.0 Å². The van der Waals surface area contributed by atoms with E-state index in [1.807, 2.05) is 0 Å². The molecule has 0 bridgehead atoms. The molecule has 0 aromatic heterocycles. The average molecular weight is 400 g/mol. The van der Waals surface area contributed by atoms with Crippen molar-refractivity contribution in [3.8, 4) is 0 Å². The van der Waals surface area contributed by atoms with E-state index in [1.54, 1.807) is 0 Å². The van der Waals surface area contributed by atoms with E-state index in [-0.39, 0.29) is 0 Å². The molecule has 5 atom stereocenters. The number of rotatable bonds is 14. The highest BCUT2D eigenvalue weighted by molar-refractivity contribution is 6.59. The molecule has 0 fully saturated rings. The Hall–Kier alpha value is -0.755. The third-order valence-corrected chi connectivity index (χ3v) is 7.25. The molecule has 0 aliphatic heterocycles. The first kappa shape index (κ1) is 26.3. The van der Waals surface area contributed by atoms with Crippen molar-refractivity contribution in [3.63, 3.8) is 0 Å². The minimum absolute atomic E-state index is 0.582. The lowest BCUT2D eigenvalue weighted by Crippen LogP contribution is -2.53. The van der Waals surface area contributed by atoms with Crippen molar-refractivity contribution in [2.75, 3.05) is 0 Å². The summed E-state index contributed by atoms with van der Waals surface area (Å²) < 4.78 is 0. The van der Waals surface area contributed by atoms with E-state index in [4.69, 9.17) is 0 Å². The van der Waals surface area contributed by atoms with Gasteiger partial charge in [-0.3, -0.25) is 0 Å². The van der Waals surface area contributed by atoms with E-state index in [1.165, 1.54) is 32.1 Å². The van der Waals surface area contributed by atoms with E-state index in [2.05, 4.69) is 97.2 Å². The summed E-state index contributed by atoms with van der Waals surface area (Å²) in [6.07, 6.45) is 19.3. The van der Waals surface area contributed by atoms with Gasteiger partial charge in [0.25, 0.3) is 0 Å². The molecule has 1 nitrogen and oxygen atoms in total. The monoisotopic (exact) mass is 399 g/mol. The number of hydrogen-bond acceptors (Lipinski definition) is 1. The lowest BCUT2D eigenvalue weighted by atomic mass is 9.37. The zero-order valence-electron chi connectivity index (χ0n) is 20.9. The van der Waals surface area contributed by atoms with Crippen molar-refractivity contribution in [2.45, 2.75) is 118 Å². The molecule has 0 saturated heterocycles. The maximum absolute atomic E-state index is 3.87. The Morgan fingerprint density at radius 3 is 2.10 bits per heavy atom. The second-order valence-corrected chi connectivity index (χ2v) is 10.3. The fraction of sp³-hybridized carbons (Fsp3) is 0.778. The van der Waals surface area contributed by atoms with Crippen LogP contribution < -0.4 is 0 Å². The lowest BCUT2D eigenvalue weighted by molar-refractivity contribution is 0.281. The standard InChI is InChI=1S/C27H50BN/c1-10-12-13-16-23(7)19-20-24(8)28(29(21(3)4)22(5)6)25(9)27-18-15-14-17-26(27)11-2/h10,14-15,17-18,21-27H,1,11-13,16,19-20H2,2-9H3. The zero-order chi connectivity index (χ0) is 22.0. The van der Waals surface area contributed by atoms with Gasteiger partial charge >= 0.3 is 0 Å². The van der Waals surface area contributed by atoms with E-state index in [0.29, 0.717) is 42.4 Å². The Balaban J connectivity index is 2.96. The van der Waals surface area contributed by atoms with Gasteiger partial charge in [-0.15, -0.1) is 6.58 Å². The molecule has 1 aliphatic carbocycles. The van der Waals surface area contributed by atoms with Crippen LogP contribution in [-0.4, -0.2) is 23.7 Å². The SMILES string of the molecule is C=CCCCC(C)CCC(C)B(C(C)C1C=CC=CC1CC)N(C(C)C)C(C)C. The molecule has 0 N–H and O–H groups in total. The van der Waals surface area contributed by atoms with Gasteiger partial charge in [-0.05, 0) is 60.7 Å². The minimum Gasteiger partial charge on any atom is -0.337 e. The maximum Gasteiger partial charge on any atom is 0.230 e. The van der Waals surface area contributed by atoms with Crippen LogP contribution in [0.4, 0.5) is 0 Å². The summed E-state index contributed by atoms with van der Waals surface area (Å²) in [6.45, 7) is 23.9. The summed E-state index contributed by atoms with van der Waals surface area (Å²) in [7, 11) is 0. The Morgan fingerprint density at radius 2 is 1.55 bits per heavy atom. The van der Waals surface area contributed by atoms with Gasteiger partial charge in [0.2, 0.25) is 6.85 Å². The van der Waals surface area contributed by atoms with Crippen LogP contribution >= 0.6 is 0 Å². The predicted molar refractivity (Wildman–Crippen MR) is 135 cm³/mol. The van der Waals surface area contributed by atoms with Crippen LogP contribution in [0.15, 0.2) is 37.0 Å². The topological polar surface area (TPSA) is 3.24 Å². The summed E-state index contributed by atoms with van der Waals surface area (Å²) >= 11 is 0. The van der Waals surface area contributed by atoms with E-state index >= 15 is 0 Å². The Labute approximate surface area is 184 Å². The fourth-order valence-corrected chi connectivity index (χ4v) is 5.71. The molecule has 5 unspecified atom stereocenters. The Morgan fingerprint density at radius 1 is 0.931 bits per heavy atom. The number of hydrogen-bond donors (Lipinski definition) is 0. The molecule has 0 heterocycles. The highest BCUT2D eigenvalue weighted by atomic mass is 15.1. The van der Waals surface area contributed by atoms with Gasteiger partial charge in [0.1, 0.15) is 0 Å². The molecule has 0 spiro atoms. The van der Waals surface area contributed by atoms with Crippen molar-refractivity contribution in [1.29, 1.82) is 0 Å². The molecule has 0 aromatic rings. The number of allylic oxidation sites excluding steroid dienone is 5. The highest BCUT2D eigenvalue weighted by Gasteiger charge is 2.40. The van der Waals surface area contributed by atoms with Crippen LogP contribution in [-0.2, 0) is 0 Å². The zero-order valence-corrected chi connectivity index (χ0v) is 20.9. The molecule has 0 saturated carbocycles. The normalized spacial score (nSPS) is 22.3. The van der Waals surface area contributed by atoms with Crippen LogP contribution in [0, 0.1) is 17.8 Å². The van der Waals surface area contributed by atoms with E-state index in [9.17, 15) is 0 Å². The van der Waals surface area contributed by atoms with Gasteiger partial charge in [0.05, 0.1) is 0 Å². The summed E-state index contributed by atoms with van der Waals surface area (Å²) in [5, 5.41) is 0.